The second-order valence-corrected chi connectivity index (χ2v) is 12.7. The van der Waals surface area contributed by atoms with Gasteiger partial charge in [0.15, 0.2) is 11.8 Å². The van der Waals surface area contributed by atoms with Gasteiger partial charge in [-0.25, -0.2) is 4.79 Å². The van der Waals surface area contributed by atoms with Gasteiger partial charge in [0.05, 0.1) is 6.04 Å². The molecule has 0 spiro atoms. The van der Waals surface area contributed by atoms with Gasteiger partial charge in [0.2, 0.25) is 5.91 Å². The summed E-state index contributed by atoms with van der Waals surface area (Å²) >= 11 is 0. The van der Waals surface area contributed by atoms with Crippen LogP contribution in [-0.2, 0) is 43.2 Å². The number of aliphatic carboxylic acids is 2. The number of carbonyl (C=O) groups excluding carboxylic acids is 4. The highest BCUT2D eigenvalue weighted by molar-refractivity contribution is 5.95. The van der Waals surface area contributed by atoms with Gasteiger partial charge >= 0.3 is 5.97 Å². The molecule has 12 nitrogen and oxygen atoms in total. The number of nitrogens with one attached hydrogen (secondary N) is 2. The van der Waals surface area contributed by atoms with Crippen molar-refractivity contribution in [2.45, 2.75) is 70.5 Å². The number of quaternary nitrogens is 1. The first-order valence-corrected chi connectivity index (χ1v) is 16.6. The number of aromatic nitrogens is 1. The smallest absolute Gasteiger partial charge is 0.326 e. The van der Waals surface area contributed by atoms with Crippen LogP contribution in [0.25, 0.3) is 10.9 Å². The minimum atomic E-state index is -1.17. The molecular weight excluding hydrogens is 640 g/mol. The second kappa shape index (κ2) is 17.3. The molecule has 0 saturated carbocycles. The molecule has 0 unspecified atom stereocenters. The van der Waals surface area contributed by atoms with Crippen LogP contribution in [0.3, 0.4) is 0 Å². The second-order valence-electron chi connectivity index (χ2n) is 12.7. The molecule has 1 aliphatic rings. The minimum Gasteiger partial charge on any atom is -0.550 e. The molecule has 0 aliphatic carbocycles. The molecular formula is C38H44N4O8. The molecule has 1 fully saturated rings. The zero-order valence-electron chi connectivity index (χ0n) is 28.3. The van der Waals surface area contributed by atoms with E-state index < -0.39 is 41.9 Å². The zero-order chi connectivity index (χ0) is 36.4. The van der Waals surface area contributed by atoms with Crippen molar-refractivity contribution >= 4 is 40.4 Å². The number of aromatic amines is 1. The summed E-state index contributed by atoms with van der Waals surface area (Å²) in [5.41, 5.74) is 8.36. The normalized spacial score (nSPS) is 15.7. The molecule has 3 aromatic carbocycles. The molecule has 12 heteroatoms. The fraction of sp³-hybridized carbons (Fsp3) is 0.342. The molecule has 2 amide bonds. The zero-order valence-corrected chi connectivity index (χ0v) is 28.3. The number of aromatic hydroxyl groups is 1. The Bertz CT molecular complexity index is 1800. The third-order valence-electron chi connectivity index (χ3n) is 8.87. The molecule has 1 saturated heterocycles. The van der Waals surface area contributed by atoms with Crippen molar-refractivity contribution in [1.29, 1.82) is 0 Å². The number of nitrogens with zero attached hydrogens (tertiary/aromatic N) is 1. The lowest BCUT2D eigenvalue weighted by atomic mass is 9.89. The Kier molecular flexibility index (Phi) is 12.9. The third-order valence-corrected chi connectivity index (χ3v) is 8.87. The lowest BCUT2D eigenvalue weighted by molar-refractivity contribution is -0.405. The van der Waals surface area contributed by atoms with Gasteiger partial charge in [-0.3, -0.25) is 14.4 Å². The van der Waals surface area contributed by atoms with E-state index >= 15 is 0 Å². The topological polar surface area (TPSA) is 208 Å². The quantitative estimate of drug-likeness (QED) is 0.140. The van der Waals surface area contributed by atoms with E-state index in [9.17, 15) is 29.4 Å². The monoisotopic (exact) mass is 684 g/mol. The van der Waals surface area contributed by atoms with Crippen molar-refractivity contribution in [3.05, 3.63) is 101 Å². The van der Waals surface area contributed by atoms with Crippen LogP contribution in [0.4, 0.5) is 0 Å². The number of para-hydroxylation sites is 1. The number of Topliss-reactive ketones (excluding diaryl/α,β-unsaturated/α-hetero) is 1. The molecule has 7 N–H and O–H groups in total. The summed E-state index contributed by atoms with van der Waals surface area (Å²) in [5.74, 6) is -3.93. The maximum Gasteiger partial charge on any atom is 0.326 e. The highest BCUT2D eigenvalue weighted by Gasteiger charge is 2.39. The van der Waals surface area contributed by atoms with Gasteiger partial charge in [-0.05, 0) is 68.0 Å². The van der Waals surface area contributed by atoms with Crippen molar-refractivity contribution in [3.63, 3.8) is 0 Å². The number of fused-ring (bicyclic) bond motifs is 1. The molecule has 0 radical (unpaired) electrons. The number of carboxylic acids is 2. The van der Waals surface area contributed by atoms with Crippen molar-refractivity contribution in [3.8, 4) is 5.75 Å². The van der Waals surface area contributed by atoms with Gasteiger partial charge in [0.25, 0.3) is 5.91 Å². The summed E-state index contributed by atoms with van der Waals surface area (Å²) in [6.45, 7) is 3.31. The van der Waals surface area contributed by atoms with Crippen LogP contribution < -0.4 is 16.2 Å². The summed E-state index contributed by atoms with van der Waals surface area (Å²) in [6.07, 6.45) is 1.69. The average Bonchev–Trinajstić information content (AvgIpc) is 3.69. The third kappa shape index (κ3) is 10.0. The number of carboxylic acid groups (broad SMARTS) is 2. The summed E-state index contributed by atoms with van der Waals surface area (Å²) < 4.78 is 0. The molecule has 4 aromatic rings. The van der Waals surface area contributed by atoms with Gasteiger partial charge < -0.3 is 41.0 Å². The molecule has 0 bridgehead atoms. The Morgan fingerprint density at radius 3 is 2.22 bits per heavy atom. The highest BCUT2D eigenvalue weighted by atomic mass is 16.4. The maximum absolute atomic E-state index is 13.9. The average molecular weight is 685 g/mol. The summed E-state index contributed by atoms with van der Waals surface area (Å²) in [5, 5.41) is 32.1. The van der Waals surface area contributed by atoms with E-state index in [1.807, 2.05) is 61.5 Å². The molecule has 2 heterocycles. The Hall–Kier alpha value is -5.49. The maximum atomic E-state index is 13.9. The van der Waals surface area contributed by atoms with Crippen LogP contribution in [0.5, 0.6) is 5.75 Å². The fourth-order valence-electron chi connectivity index (χ4n) is 6.42. The van der Waals surface area contributed by atoms with Crippen LogP contribution in [0.2, 0.25) is 0 Å². The number of phenols is 1. The van der Waals surface area contributed by atoms with E-state index in [1.54, 1.807) is 29.2 Å². The number of aryl methyl sites for hydroxylation is 1. The number of benzene rings is 3. The molecule has 5 rings (SSSR count). The van der Waals surface area contributed by atoms with Crippen molar-refractivity contribution in [1.82, 2.24) is 15.2 Å². The Balaban J connectivity index is 0.00000133. The number of rotatable bonds is 13. The number of amides is 2. The van der Waals surface area contributed by atoms with Gasteiger partial charge in [-0.2, -0.15) is 0 Å². The lowest BCUT2D eigenvalue weighted by Gasteiger charge is -2.27. The summed E-state index contributed by atoms with van der Waals surface area (Å²) in [6, 6.07) is 20.9. The van der Waals surface area contributed by atoms with Crippen LogP contribution in [0, 0.1) is 12.8 Å². The molecule has 264 valence electrons. The number of hydrogen-bond acceptors (Lipinski definition) is 7. The van der Waals surface area contributed by atoms with Gasteiger partial charge in [-0.15, -0.1) is 0 Å². The number of H-pyrrole nitrogens is 1. The van der Waals surface area contributed by atoms with Crippen LogP contribution in [0.1, 0.15) is 48.6 Å². The predicted molar refractivity (Wildman–Crippen MR) is 183 cm³/mol. The Morgan fingerprint density at radius 1 is 0.940 bits per heavy atom. The van der Waals surface area contributed by atoms with Gasteiger partial charge in [0, 0.05) is 54.3 Å². The van der Waals surface area contributed by atoms with Crippen LogP contribution in [0.15, 0.2) is 78.9 Å². The predicted octanol–water partition coefficient (Wildman–Crippen LogP) is 1.71. The number of carbonyl (C=O) groups is 5. The SMILES string of the molecule is CC(=O)[O-].Cc1[nH]c2ccccc2c1C[C@H](CC(=O)[C@@H]1CCCN1C(=O)[C@@H]([NH3+])Cc1ccc(O)cc1)C(=O)N[C@@H](Cc1ccccc1)C(=O)O. The molecule has 1 aliphatic heterocycles. The standard InChI is InChI=1S/C36H40N4O6.C2H4O2/c1-22-28(27-10-5-6-11-30(27)38-22)20-25(34(43)39-31(36(45)46)19-23-8-3-2-4-9-23)21-33(42)32-12-7-17-40(32)35(44)29(37)18-24-13-15-26(41)16-14-24;1-2(3)4/h2-6,8-11,13-16,25,29,31-32,38,41H,7,12,17-21,37H2,1H3,(H,39,43)(H,45,46);1H3,(H,3,4)/t25-,29+,31+,32+;/m1./s1. The number of likely N-dealkylation sites (tertiary alicyclic amines) is 1. The molecule has 4 atom stereocenters. The van der Waals surface area contributed by atoms with E-state index in [0.717, 1.165) is 40.2 Å². The van der Waals surface area contributed by atoms with Crippen molar-refractivity contribution in [2.75, 3.05) is 6.54 Å². The summed E-state index contributed by atoms with van der Waals surface area (Å²) in [4.78, 5) is 67.4. The lowest BCUT2D eigenvalue weighted by Crippen LogP contribution is -2.69. The number of ketones is 1. The van der Waals surface area contributed by atoms with E-state index in [1.165, 1.54) is 0 Å². The van der Waals surface area contributed by atoms with Gasteiger partial charge in [-0.1, -0.05) is 60.7 Å². The van der Waals surface area contributed by atoms with Crippen LogP contribution >= 0.6 is 0 Å². The van der Waals surface area contributed by atoms with Crippen molar-refractivity contribution in [2.24, 2.45) is 5.92 Å². The fourth-order valence-corrected chi connectivity index (χ4v) is 6.42. The number of hydrogen-bond donors (Lipinski definition) is 5. The van der Waals surface area contributed by atoms with Crippen LogP contribution in [-0.4, -0.2) is 74.3 Å². The van der Waals surface area contributed by atoms with E-state index in [-0.39, 0.29) is 36.7 Å². The molecule has 1 aromatic heterocycles. The minimum absolute atomic E-state index is 0.103. The first-order valence-electron chi connectivity index (χ1n) is 16.6. The van der Waals surface area contributed by atoms with E-state index in [4.69, 9.17) is 9.90 Å². The van der Waals surface area contributed by atoms with E-state index in [0.29, 0.717) is 25.8 Å². The highest BCUT2D eigenvalue weighted by Crippen LogP contribution is 2.28. The first kappa shape index (κ1) is 37.3. The summed E-state index contributed by atoms with van der Waals surface area (Å²) in [7, 11) is 0. The largest absolute Gasteiger partial charge is 0.550 e. The Labute approximate surface area is 290 Å². The molecule has 50 heavy (non-hydrogen) atoms. The Morgan fingerprint density at radius 2 is 1.56 bits per heavy atom. The van der Waals surface area contributed by atoms with E-state index in [2.05, 4.69) is 16.0 Å². The number of phenolic OH excluding ortho intramolecular Hbond substituents is 1. The first-order chi connectivity index (χ1) is 23.8. The van der Waals surface area contributed by atoms with Crippen molar-refractivity contribution < 1.29 is 45.0 Å². The van der Waals surface area contributed by atoms with Gasteiger partial charge in [0.1, 0.15) is 11.8 Å².